The number of hydrogen-bond acceptors (Lipinski definition) is 4. The number of ether oxygens (including phenoxy) is 1. The number of nitrogen functional groups attached to an aromatic ring is 1. The van der Waals surface area contributed by atoms with E-state index in [-0.39, 0.29) is 10.8 Å². The summed E-state index contributed by atoms with van der Waals surface area (Å²) in [5, 5.41) is 0. The molecule has 1 aromatic carbocycles. The third-order valence-electron chi connectivity index (χ3n) is 3.01. The zero-order chi connectivity index (χ0) is 13.0. The van der Waals surface area contributed by atoms with Crippen molar-refractivity contribution in [2.45, 2.75) is 17.7 Å². The second-order valence-electron chi connectivity index (χ2n) is 4.50. The van der Waals surface area contributed by atoms with E-state index in [2.05, 4.69) is 4.72 Å². The van der Waals surface area contributed by atoms with Gasteiger partial charge in [-0.3, -0.25) is 0 Å². The molecule has 1 aromatic rings. The van der Waals surface area contributed by atoms with Gasteiger partial charge in [-0.25, -0.2) is 13.1 Å². The predicted molar refractivity (Wildman–Crippen MR) is 69.6 cm³/mol. The van der Waals surface area contributed by atoms with Crippen molar-refractivity contribution in [1.82, 2.24) is 4.72 Å². The Kier molecular flexibility index (Phi) is 4.21. The largest absolute Gasteiger partial charge is 0.399 e. The first-order chi connectivity index (χ1) is 8.58. The molecule has 0 spiro atoms. The lowest BCUT2D eigenvalue weighted by molar-refractivity contribution is 0.0568. The lowest BCUT2D eigenvalue weighted by Crippen LogP contribution is -2.33. The highest BCUT2D eigenvalue weighted by Crippen LogP contribution is 2.15. The summed E-state index contributed by atoms with van der Waals surface area (Å²) in [5.74, 6) is 0.266. The van der Waals surface area contributed by atoms with Crippen LogP contribution in [0.3, 0.4) is 0 Å². The summed E-state index contributed by atoms with van der Waals surface area (Å²) in [4.78, 5) is 0.244. The van der Waals surface area contributed by atoms with E-state index in [1.165, 1.54) is 12.1 Å². The maximum atomic E-state index is 12.0. The number of benzene rings is 1. The van der Waals surface area contributed by atoms with Gasteiger partial charge in [-0.2, -0.15) is 0 Å². The van der Waals surface area contributed by atoms with Gasteiger partial charge < -0.3 is 10.5 Å². The fraction of sp³-hybridized carbons (Fsp3) is 0.500. The molecule has 2 rings (SSSR count). The molecule has 1 saturated heterocycles. The van der Waals surface area contributed by atoms with Crippen molar-refractivity contribution in [2.24, 2.45) is 5.92 Å². The van der Waals surface area contributed by atoms with Crippen molar-refractivity contribution in [1.29, 1.82) is 0 Å². The molecule has 0 aliphatic carbocycles. The fourth-order valence-electron chi connectivity index (χ4n) is 1.93. The van der Waals surface area contributed by atoms with Crippen LogP contribution in [0.5, 0.6) is 0 Å². The van der Waals surface area contributed by atoms with Crippen LogP contribution in [0.15, 0.2) is 29.2 Å². The monoisotopic (exact) mass is 270 g/mol. The zero-order valence-electron chi connectivity index (χ0n) is 10.1. The van der Waals surface area contributed by atoms with Crippen LogP contribution in [0.2, 0.25) is 0 Å². The Morgan fingerprint density at radius 2 is 2.06 bits per heavy atom. The average molecular weight is 270 g/mol. The van der Waals surface area contributed by atoms with E-state index in [1.54, 1.807) is 12.1 Å². The SMILES string of the molecule is Nc1ccc(S(=O)(=O)NCC2CCCOC2)cc1. The minimum Gasteiger partial charge on any atom is -0.399 e. The third-order valence-corrected chi connectivity index (χ3v) is 4.45. The van der Waals surface area contributed by atoms with Crippen LogP contribution in [0.1, 0.15) is 12.8 Å². The van der Waals surface area contributed by atoms with Crippen LogP contribution in [-0.4, -0.2) is 28.2 Å². The molecule has 0 saturated carbocycles. The minimum atomic E-state index is -3.44. The van der Waals surface area contributed by atoms with Crippen LogP contribution in [0.4, 0.5) is 5.69 Å². The maximum Gasteiger partial charge on any atom is 0.240 e. The van der Waals surface area contributed by atoms with Gasteiger partial charge in [0, 0.05) is 18.8 Å². The Balaban J connectivity index is 1.96. The molecule has 3 N–H and O–H groups in total. The average Bonchev–Trinajstić information content (AvgIpc) is 2.38. The van der Waals surface area contributed by atoms with Gasteiger partial charge in [0.1, 0.15) is 0 Å². The van der Waals surface area contributed by atoms with Crippen LogP contribution in [0, 0.1) is 5.92 Å². The summed E-state index contributed by atoms with van der Waals surface area (Å²) in [6.45, 7) is 1.83. The molecule has 0 aromatic heterocycles. The summed E-state index contributed by atoms with van der Waals surface area (Å²) in [7, 11) is -3.44. The molecule has 18 heavy (non-hydrogen) atoms. The molecule has 5 nitrogen and oxygen atoms in total. The van der Waals surface area contributed by atoms with E-state index < -0.39 is 10.0 Å². The van der Waals surface area contributed by atoms with Crippen LogP contribution < -0.4 is 10.5 Å². The van der Waals surface area contributed by atoms with Gasteiger partial charge in [-0.15, -0.1) is 0 Å². The van der Waals surface area contributed by atoms with E-state index in [9.17, 15) is 8.42 Å². The van der Waals surface area contributed by atoms with Crippen molar-refractivity contribution in [2.75, 3.05) is 25.5 Å². The van der Waals surface area contributed by atoms with Crippen molar-refractivity contribution >= 4 is 15.7 Å². The predicted octanol–water partition coefficient (Wildman–Crippen LogP) is 0.974. The Hall–Kier alpha value is -1.11. The van der Waals surface area contributed by atoms with Crippen molar-refractivity contribution in [3.05, 3.63) is 24.3 Å². The number of anilines is 1. The van der Waals surface area contributed by atoms with Gasteiger partial charge in [-0.05, 0) is 43.0 Å². The van der Waals surface area contributed by atoms with Crippen LogP contribution >= 0.6 is 0 Å². The topological polar surface area (TPSA) is 81.4 Å². The molecule has 0 amide bonds. The molecular formula is C12H18N2O3S. The van der Waals surface area contributed by atoms with Crippen LogP contribution in [0.25, 0.3) is 0 Å². The van der Waals surface area contributed by atoms with Gasteiger partial charge in [0.15, 0.2) is 0 Å². The highest BCUT2D eigenvalue weighted by molar-refractivity contribution is 7.89. The molecule has 100 valence electrons. The summed E-state index contributed by atoms with van der Waals surface area (Å²) in [6, 6.07) is 6.18. The van der Waals surface area contributed by atoms with E-state index >= 15 is 0 Å². The molecule has 1 atom stereocenters. The summed E-state index contributed by atoms with van der Waals surface area (Å²) < 4.78 is 31.9. The van der Waals surface area contributed by atoms with E-state index in [1.807, 2.05) is 0 Å². The number of rotatable bonds is 4. The van der Waals surface area contributed by atoms with Crippen molar-refractivity contribution in [3.63, 3.8) is 0 Å². The first kappa shape index (κ1) is 13.3. The fourth-order valence-corrected chi connectivity index (χ4v) is 3.04. The second kappa shape index (κ2) is 5.69. The quantitative estimate of drug-likeness (QED) is 0.799. The number of nitrogens with two attached hydrogens (primary N) is 1. The minimum absolute atomic E-state index is 0.244. The van der Waals surface area contributed by atoms with Crippen LogP contribution in [-0.2, 0) is 14.8 Å². The number of sulfonamides is 1. The molecule has 1 aliphatic heterocycles. The summed E-state index contributed by atoms with van der Waals surface area (Å²) >= 11 is 0. The van der Waals surface area contributed by atoms with Gasteiger partial charge in [0.25, 0.3) is 0 Å². The molecule has 6 heteroatoms. The van der Waals surface area contributed by atoms with E-state index in [0.717, 1.165) is 19.4 Å². The molecule has 0 bridgehead atoms. The first-order valence-electron chi connectivity index (χ1n) is 6.01. The number of nitrogens with one attached hydrogen (secondary N) is 1. The molecule has 1 aliphatic rings. The molecule has 1 unspecified atom stereocenters. The molecule has 0 radical (unpaired) electrons. The Bertz CT molecular complexity index is 479. The van der Waals surface area contributed by atoms with Gasteiger partial charge in [0.05, 0.1) is 11.5 Å². The van der Waals surface area contributed by atoms with Gasteiger partial charge >= 0.3 is 0 Å². The lowest BCUT2D eigenvalue weighted by atomic mass is 10.0. The van der Waals surface area contributed by atoms with Crippen molar-refractivity contribution < 1.29 is 13.2 Å². The first-order valence-corrected chi connectivity index (χ1v) is 7.49. The normalized spacial score (nSPS) is 20.8. The molecule has 1 heterocycles. The Morgan fingerprint density at radius 1 is 1.33 bits per heavy atom. The smallest absolute Gasteiger partial charge is 0.240 e. The molecular weight excluding hydrogens is 252 g/mol. The zero-order valence-corrected chi connectivity index (χ0v) is 10.9. The number of hydrogen-bond donors (Lipinski definition) is 2. The lowest BCUT2D eigenvalue weighted by Gasteiger charge is -2.22. The highest BCUT2D eigenvalue weighted by atomic mass is 32.2. The van der Waals surface area contributed by atoms with Crippen molar-refractivity contribution in [3.8, 4) is 0 Å². The van der Waals surface area contributed by atoms with E-state index in [0.29, 0.717) is 18.8 Å². The summed E-state index contributed by atoms with van der Waals surface area (Å²) in [6.07, 6.45) is 2.00. The third kappa shape index (κ3) is 3.44. The van der Waals surface area contributed by atoms with Gasteiger partial charge in [-0.1, -0.05) is 0 Å². The highest BCUT2D eigenvalue weighted by Gasteiger charge is 2.18. The molecule has 1 fully saturated rings. The maximum absolute atomic E-state index is 12.0. The van der Waals surface area contributed by atoms with E-state index in [4.69, 9.17) is 10.5 Å². The Morgan fingerprint density at radius 3 is 2.67 bits per heavy atom. The second-order valence-corrected chi connectivity index (χ2v) is 6.27. The van der Waals surface area contributed by atoms with Gasteiger partial charge in [0.2, 0.25) is 10.0 Å². The summed E-state index contributed by atoms with van der Waals surface area (Å²) in [5.41, 5.74) is 6.08. The standard InChI is InChI=1S/C12H18N2O3S/c13-11-3-5-12(6-4-11)18(15,16)14-8-10-2-1-7-17-9-10/h3-6,10,14H,1-2,7-9,13H2. The Labute approximate surface area is 107 Å².